The third-order valence-corrected chi connectivity index (χ3v) is 7.35. The van der Waals surface area contributed by atoms with Crippen LogP contribution < -0.4 is 16.0 Å². The van der Waals surface area contributed by atoms with Crippen molar-refractivity contribution in [2.24, 2.45) is 5.73 Å². The summed E-state index contributed by atoms with van der Waals surface area (Å²) < 4.78 is 9.61. The fourth-order valence-electron chi connectivity index (χ4n) is 5.35. The first-order valence-corrected chi connectivity index (χ1v) is 12.3. The molecule has 0 radical (unpaired) electrons. The van der Waals surface area contributed by atoms with Crippen molar-refractivity contribution in [3.8, 4) is 11.4 Å². The number of rotatable bonds is 7. The summed E-state index contributed by atoms with van der Waals surface area (Å²) in [4.78, 5) is 26.4. The number of primary amides is 1. The lowest BCUT2D eigenvalue weighted by Crippen LogP contribution is -2.36. The SMILES string of the molecule is COc1ccc(-n2ccccc2=O)cc1CCN1CCC(n2ccc3c2C=C(C(N)=O)CC3)CC1. The molecular weight excluding hydrogens is 440 g/mol. The maximum absolute atomic E-state index is 12.3. The molecule has 0 unspecified atom stereocenters. The van der Waals surface area contributed by atoms with Gasteiger partial charge in [-0.15, -0.1) is 0 Å². The van der Waals surface area contributed by atoms with E-state index >= 15 is 0 Å². The van der Waals surface area contributed by atoms with E-state index in [1.807, 2.05) is 24.3 Å². The van der Waals surface area contributed by atoms with Crippen molar-refractivity contribution in [3.05, 3.63) is 87.6 Å². The molecule has 0 bridgehead atoms. The minimum atomic E-state index is -0.310. The fourth-order valence-corrected chi connectivity index (χ4v) is 5.35. The zero-order valence-electron chi connectivity index (χ0n) is 20.2. The first-order chi connectivity index (χ1) is 17.0. The smallest absolute Gasteiger partial charge is 0.255 e. The van der Waals surface area contributed by atoms with Gasteiger partial charge >= 0.3 is 0 Å². The zero-order chi connectivity index (χ0) is 24.4. The van der Waals surface area contributed by atoms with Gasteiger partial charge in [-0.25, -0.2) is 0 Å². The number of nitrogens with two attached hydrogens (primary N) is 1. The number of carbonyl (C=O) groups is 1. The van der Waals surface area contributed by atoms with Crippen molar-refractivity contribution in [1.82, 2.24) is 14.0 Å². The van der Waals surface area contributed by atoms with Crippen LogP contribution in [0.25, 0.3) is 11.8 Å². The van der Waals surface area contributed by atoms with Crippen LogP contribution >= 0.6 is 0 Å². The monoisotopic (exact) mass is 472 g/mol. The van der Waals surface area contributed by atoms with Gasteiger partial charge in [0.1, 0.15) is 5.75 Å². The summed E-state index contributed by atoms with van der Waals surface area (Å²) in [6.07, 6.45) is 10.6. The summed E-state index contributed by atoms with van der Waals surface area (Å²) in [7, 11) is 1.69. The summed E-state index contributed by atoms with van der Waals surface area (Å²) in [5, 5.41) is 0. The Bertz CT molecular complexity index is 1310. The van der Waals surface area contributed by atoms with Crippen LogP contribution in [0.3, 0.4) is 0 Å². The Kier molecular flexibility index (Phi) is 6.59. The molecule has 3 heterocycles. The van der Waals surface area contributed by atoms with Crippen molar-refractivity contribution in [3.63, 3.8) is 0 Å². The van der Waals surface area contributed by atoms with Gasteiger partial charge in [-0.05, 0) is 79.6 Å². The number of hydrogen-bond donors (Lipinski definition) is 1. The standard InChI is InChI=1S/C28H32N4O3/c1-35-26-8-7-24(32-13-3-2-4-27(32)33)18-21(26)9-14-30-15-11-23(12-16-30)31-17-10-20-5-6-22(28(29)34)19-25(20)31/h2-4,7-8,10,13,17-19,23H,5-6,9,11-12,14-16H2,1H3,(H2,29,34). The van der Waals surface area contributed by atoms with Crippen molar-refractivity contribution < 1.29 is 9.53 Å². The molecule has 0 atom stereocenters. The normalized spacial score (nSPS) is 16.5. The molecule has 2 aromatic heterocycles. The van der Waals surface area contributed by atoms with E-state index in [9.17, 15) is 9.59 Å². The van der Waals surface area contributed by atoms with Crippen LogP contribution in [0.4, 0.5) is 0 Å². The number of benzene rings is 1. The highest BCUT2D eigenvalue weighted by atomic mass is 16.5. The molecule has 1 aliphatic carbocycles. The number of hydrogen-bond acceptors (Lipinski definition) is 4. The second-order valence-corrected chi connectivity index (χ2v) is 9.40. The number of likely N-dealkylation sites (tertiary alicyclic amines) is 1. The number of carbonyl (C=O) groups excluding carboxylic acids is 1. The number of amides is 1. The Morgan fingerprint density at radius 3 is 2.66 bits per heavy atom. The summed E-state index contributed by atoms with van der Waals surface area (Å²) in [5.41, 5.74) is 10.6. The third kappa shape index (κ3) is 4.82. The quantitative estimate of drug-likeness (QED) is 0.572. The van der Waals surface area contributed by atoms with Crippen LogP contribution in [0.5, 0.6) is 5.75 Å². The number of methoxy groups -OCH3 is 1. The molecule has 5 rings (SSSR count). The lowest BCUT2D eigenvalue weighted by molar-refractivity contribution is -0.114. The average Bonchev–Trinajstić information content (AvgIpc) is 3.31. The lowest BCUT2D eigenvalue weighted by atomic mass is 9.96. The third-order valence-electron chi connectivity index (χ3n) is 7.35. The predicted molar refractivity (Wildman–Crippen MR) is 137 cm³/mol. The van der Waals surface area contributed by atoms with Crippen LogP contribution in [0.1, 0.15) is 42.1 Å². The molecule has 182 valence electrons. The highest BCUT2D eigenvalue weighted by Crippen LogP contribution is 2.31. The Morgan fingerprint density at radius 2 is 1.91 bits per heavy atom. The number of aryl methyl sites for hydroxylation is 1. The van der Waals surface area contributed by atoms with Gasteiger partial charge in [0.25, 0.3) is 5.56 Å². The van der Waals surface area contributed by atoms with Gasteiger partial charge in [-0.2, -0.15) is 0 Å². The van der Waals surface area contributed by atoms with Gasteiger partial charge in [0.05, 0.1) is 7.11 Å². The van der Waals surface area contributed by atoms with Crippen molar-refractivity contribution in [2.45, 2.75) is 38.1 Å². The Labute approximate surface area is 205 Å². The molecule has 0 saturated carbocycles. The fraction of sp³-hybridized carbons (Fsp3) is 0.357. The number of nitrogens with zero attached hydrogens (tertiary/aromatic N) is 3. The molecule has 1 saturated heterocycles. The van der Waals surface area contributed by atoms with E-state index in [0.717, 1.165) is 80.0 Å². The van der Waals surface area contributed by atoms with Crippen molar-refractivity contribution in [1.29, 1.82) is 0 Å². The molecule has 3 aromatic rings. The molecule has 2 aliphatic rings. The minimum absolute atomic E-state index is 0.0457. The molecule has 1 fully saturated rings. The van der Waals surface area contributed by atoms with Crippen LogP contribution in [0.15, 0.2) is 65.2 Å². The molecule has 1 amide bonds. The summed E-state index contributed by atoms with van der Waals surface area (Å²) in [5.74, 6) is 0.540. The van der Waals surface area contributed by atoms with Crippen LogP contribution in [0, 0.1) is 0 Å². The predicted octanol–water partition coefficient (Wildman–Crippen LogP) is 3.34. The number of aromatic nitrogens is 2. The first kappa shape index (κ1) is 23.2. The maximum Gasteiger partial charge on any atom is 0.255 e. The van der Waals surface area contributed by atoms with Crippen LogP contribution in [-0.2, 0) is 17.6 Å². The molecule has 2 N–H and O–H groups in total. The number of ether oxygens (including phenoxy) is 1. The minimum Gasteiger partial charge on any atom is -0.496 e. The Balaban J connectivity index is 1.24. The lowest BCUT2D eigenvalue weighted by Gasteiger charge is -2.34. The highest BCUT2D eigenvalue weighted by molar-refractivity contribution is 5.97. The maximum atomic E-state index is 12.3. The van der Waals surface area contributed by atoms with Gasteiger partial charge in [0.2, 0.25) is 5.91 Å². The summed E-state index contributed by atoms with van der Waals surface area (Å²) in [6, 6.07) is 13.7. The number of pyridine rings is 1. The number of fused-ring (bicyclic) bond motifs is 1. The van der Waals surface area contributed by atoms with Crippen molar-refractivity contribution in [2.75, 3.05) is 26.7 Å². The van der Waals surface area contributed by atoms with Gasteiger partial charge in [0.15, 0.2) is 0 Å². The van der Waals surface area contributed by atoms with E-state index in [4.69, 9.17) is 10.5 Å². The van der Waals surface area contributed by atoms with E-state index in [0.29, 0.717) is 6.04 Å². The van der Waals surface area contributed by atoms with Gasteiger partial charge in [-0.1, -0.05) is 6.07 Å². The summed E-state index contributed by atoms with van der Waals surface area (Å²) in [6.45, 7) is 2.97. The Morgan fingerprint density at radius 1 is 1.09 bits per heavy atom. The zero-order valence-corrected chi connectivity index (χ0v) is 20.2. The average molecular weight is 473 g/mol. The molecule has 0 spiro atoms. The Hall–Kier alpha value is -3.58. The van der Waals surface area contributed by atoms with Crippen LogP contribution in [-0.4, -0.2) is 46.7 Å². The van der Waals surface area contributed by atoms with E-state index in [1.165, 1.54) is 5.56 Å². The van der Waals surface area contributed by atoms with E-state index in [2.05, 4.69) is 27.8 Å². The van der Waals surface area contributed by atoms with E-state index in [1.54, 1.807) is 30.0 Å². The van der Waals surface area contributed by atoms with Gasteiger partial charge in [-0.3, -0.25) is 14.2 Å². The largest absolute Gasteiger partial charge is 0.496 e. The topological polar surface area (TPSA) is 82.5 Å². The molecule has 1 aromatic carbocycles. The van der Waals surface area contributed by atoms with Gasteiger partial charge in [0, 0.05) is 61.1 Å². The molecule has 7 nitrogen and oxygen atoms in total. The molecular formula is C28H32N4O3. The molecule has 1 aliphatic heterocycles. The molecule has 7 heteroatoms. The number of piperidine rings is 1. The second-order valence-electron chi connectivity index (χ2n) is 9.40. The van der Waals surface area contributed by atoms with Crippen LogP contribution in [0.2, 0.25) is 0 Å². The van der Waals surface area contributed by atoms with E-state index < -0.39 is 0 Å². The molecule has 35 heavy (non-hydrogen) atoms. The van der Waals surface area contributed by atoms with Crippen molar-refractivity contribution >= 4 is 12.0 Å². The summed E-state index contributed by atoms with van der Waals surface area (Å²) >= 11 is 0. The van der Waals surface area contributed by atoms with Gasteiger partial charge < -0.3 is 19.9 Å². The first-order valence-electron chi connectivity index (χ1n) is 12.3. The second kappa shape index (κ2) is 9.96. The van der Waals surface area contributed by atoms with E-state index in [-0.39, 0.29) is 11.5 Å². The highest BCUT2D eigenvalue weighted by Gasteiger charge is 2.25.